The quantitative estimate of drug-likeness (QED) is 0.138. The Morgan fingerprint density at radius 3 is 1.50 bits per heavy atom. The van der Waals surface area contributed by atoms with E-state index in [1.807, 2.05) is 0 Å². The Bertz CT molecular complexity index is 2120. The predicted molar refractivity (Wildman–Crippen MR) is 175 cm³/mol. The lowest BCUT2D eigenvalue weighted by Crippen LogP contribution is -2.33. The van der Waals surface area contributed by atoms with Crippen LogP contribution in [0.2, 0.25) is 0 Å². The van der Waals surface area contributed by atoms with Crippen molar-refractivity contribution >= 4 is 29.8 Å². The van der Waals surface area contributed by atoms with Crippen molar-refractivity contribution < 1.29 is 52.4 Å². The summed E-state index contributed by atoms with van der Waals surface area (Å²) in [5.74, 6) is -5.14. The number of rotatable bonds is 6. The van der Waals surface area contributed by atoms with Crippen molar-refractivity contribution in [2.45, 2.75) is 26.4 Å². The molecule has 0 aliphatic carbocycles. The summed E-state index contributed by atoms with van der Waals surface area (Å²) in [4.78, 5) is 65.1. The lowest BCUT2D eigenvalue weighted by atomic mass is 9.76. The van der Waals surface area contributed by atoms with Crippen molar-refractivity contribution in [3.8, 4) is 34.5 Å². The van der Waals surface area contributed by atoms with E-state index in [2.05, 4.69) is 0 Å². The highest BCUT2D eigenvalue weighted by Gasteiger charge is 2.56. The van der Waals surface area contributed by atoms with Gasteiger partial charge >= 0.3 is 29.8 Å². The molecule has 11 heteroatoms. The summed E-state index contributed by atoms with van der Waals surface area (Å²) in [6, 6.07) is 27.4. The number of carbonyl (C=O) groups is 5. The van der Waals surface area contributed by atoms with Gasteiger partial charge in [0.1, 0.15) is 0 Å². The zero-order valence-electron chi connectivity index (χ0n) is 26.8. The second-order valence-corrected chi connectivity index (χ2v) is 11.4. The predicted octanol–water partition coefficient (Wildman–Crippen LogP) is 6.85. The van der Waals surface area contributed by atoms with Gasteiger partial charge in [0.05, 0.1) is 27.8 Å². The van der Waals surface area contributed by atoms with E-state index < -0.39 is 35.4 Å². The van der Waals surface area contributed by atoms with Crippen molar-refractivity contribution in [2.75, 3.05) is 0 Å². The van der Waals surface area contributed by atoms with Crippen LogP contribution in [0.4, 0.5) is 0 Å². The Hall–Kier alpha value is -6.75. The summed E-state index contributed by atoms with van der Waals surface area (Å²) in [5, 5.41) is 0. The Morgan fingerprint density at radius 2 is 1.04 bits per heavy atom. The molecule has 11 nitrogen and oxygen atoms in total. The SMILES string of the molecule is CC(=O)Oc1c(OC(=O)c2ccccc2)ccc2c1Oc1c(ccc(OC(=O)c3ccccc3)c1OC(C)=O)C21OC(=O)c2c(C)cccc21. The van der Waals surface area contributed by atoms with Gasteiger partial charge in [-0.25, -0.2) is 14.4 Å². The molecule has 5 aromatic carbocycles. The molecule has 7 rings (SSSR count). The number of benzene rings is 5. The van der Waals surface area contributed by atoms with E-state index in [0.29, 0.717) is 11.1 Å². The molecule has 2 heterocycles. The first-order valence-corrected chi connectivity index (χ1v) is 15.4. The number of hydrogen-bond acceptors (Lipinski definition) is 11. The summed E-state index contributed by atoms with van der Waals surface area (Å²) in [7, 11) is 0. The minimum absolute atomic E-state index is 0.187. The topological polar surface area (TPSA) is 141 Å². The van der Waals surface area contributed by atoms with Crippen LogP contribution >= 0.6 is 0 Å². The molecular weight excluding hydrogens is 644 g/mol. The van der Waals surface area contributed by atoms with Crippen molar-refractivity contribution in [3.63, 3.8) is 0 Å². The number of esters is 5. The molecule has 2 aliphatic heterocycles. The van der Waals surface area contributed by atoms with Gasteiger partial charge in [0, 0.05) is 19.4 Å². The van der Waals surface area contributed by atoms with Gasteiger partial charge in [-0.15, -0.1) is 0 Å². The fraction of sp³-hybridized carbons (Fsp3) is 0.103. The van der Waals surface area contributed by atoms with Crippen LogP contribution in [0.3, 0.4) is 0 Å². The zero-order valence-corrected chi connectivity index (χ0v) is 26.8. The lowest BCUT2D eigenvalue weighted by Gasteiger charge is -2.37. The van der Waals surface area contributed by atoms with E-state index in [9.17, 15) is 24.0 Å². The molecule has 0 atom stereocenters. The summed E-state index contributed by atoms with van der Waals surface area (Å²) < 4.78 is 35.4. The Morgan fingerprint density at radius 1 is 0.560 bits per heavy atom. The fourth-order valence-corrected chi connectivity index (χ4v) is 6.08. The minimum Gasteiger partial charge on any atom is -0.448 e. The van der Waals surface area contributed by atoms with E-state index in [-0.39, 0.29) is 62.3 Å². The smallest absolute Gasteiger partial charge is 0.343 e. The van der Waals surface area contributed by atoms with Crippen LogP contribution in [-0.2, 0) is 19.9 Å². The molecular formula is C39H26O11. The van der Waals surface area contributed by atoms with E-state index >= 15 is 0 Å². The number of aryl methyl sites for hydroxylation is 1. The molecule has 0 amide bonds. The first kappa shape index (κ1) is 31.8. The Labute approximate surface area is 284 Å². The third-order valence-corrected chi connectivity index (χ3v) is 8.13. The van der Waals surface area contributed by atoms with Crippen LogP contribution in [0, 0.1) is 6.92 Å². The standard InChI is InChI=1S/C39H26O11/c1-21-11-10-16-26-31(21)38(44)50-39(26)27-17-19-29(47-36(42)24-12-6-4-7-13-24)34(45-22(2)40)32(27)49-33-28(39)18-20-30(35(33)46-23(3)41)48-37(43)25-14-8-5-9-15-25/h4-20H,1-3H3. The van der Waals surface area contributed by atoms with Gasteiger partial charge in [-0.05, 0) is 61.0 Å². The maximum absolute atomic E-state index is 13.7. The van der Waals surface area contributed by atoms with Gasteiger partial charge in [-0.1, -0.05) is 54.6 Å². The highest BCUT2D eigenvalue weighted by Crippen LogP contribution is 2.62. The third-order valence-electron chi connectivity index (χ3n) is 8.13. The molecule has 0 saturated carbocycles. The number of carbonyl (C=O) groups excluding carboxylic acids is 5. The first-order chi connectivity index (χ1) is 24.1. The Balaban J connectivity index is 1.49. The molecule has 248 valence electrons. The molecule has 2 aliphatic rings. The molecule has 0 radical (unpaired) electrons. The van der Waals surface area contributed by atoms with Crippen LogP contribution in [0.1, 0.15) is 67.2 Å². The highest BCUT2D eigenvalue weighted by atomic mass is 16.6. The molecule has 0 aromatic heterocycles. The van der Waals surface area contributed by atoms with Crippen molar-refractivity contribution in [3.05, 3.63) is 142 Å². The largest absolute Gasteiger partial charge is 0.448 e. The van der Waals surface area contributed by atoms with Gasteiger partial charge in [0.25, 0.3) is 0 Å². The van der Waals surface area contributed by atoms with E-state index in [4.69, 9.17) is 28.4 Å². The van der Waals surface area contributed by atoms with Gasteiger partial charge < -0.3 is 28.4 Å². The molecule has 50 heavy (non-hydrogen) atoms. The van der Waals surface area contributed by atoms with Crippen LogP contribution in [0.25, 0.3) is 0 Å². The number of fused-ring (bicyclic) bond motifs is 6. The van der Waals surface area contributed by atoms with Crippen LogP contribution in [0.5, 0.6) is 34.5 Å². The van der Waals surface area contributed by atoms with Crippen molar-refractivity contribution in [1.29, 1.82) is 0 Å². The average Bonchev–Trinajstić information content (AvgIpc) is 3.40. The van der Waals surface area contributed by atoms with Crippen LogP contribution in [0.15, 0.2) is 103 Å². The van der Waals surface area contributed by atoms with E-state index in [1.165, 1.54) is 24.3 Å². The molecule has 0 saturated heterocycles. The normalized spacial score (nSPS) is 13.1. The molecule has 0 fully saturated rings. The minimum atomic E-state index is -1.75. The maximum atomic E-state index is 13.7. The van der Waals surface area contributed by atoms with Gasteiger partial charge in [-0.2, -0.15) is 0 Å². The zero-order chi connectivity index (χ0) is 35.2. The average molecular weight is 671 g/mol. The second-order valence-electron chi connectivity index (χ2n) is 11.4. The van der Waals surface area contributed by atoms with E-state index in [0.717, 1.165) is 13.8 Å². The number of hydrogen-bond donors (Lipinski definition) is 0. The second kappa shape index (κ2) is 12.4. The summed E-state index contributed by atoms with van der Waals surface area (Å²) in [5.41, 5.74) is 0.432. The van der Waals surface area contributed by atoms with Crippen molar-refractivity contribution in [1.82, 2.24) is 0 Å². The monoisotopic (exact) mass is 670 g/mol. The van der Waals surface area contributed by atoms with Gasteiger partial charge in [0.15, 0.2) is 28.6 Å². The molecule has 0 N–H and O–H groups in total. The number of ether oxygens (including phenoxy) is 6. The third kappa shape index (κ3) is 5.30. The van der Waals surface area contributed by atoms with Gasteiger partial charge in [-0.3, -0.25) is 9.59 Å². The highest BCUT2D eigenvalue weighted by molar-refractivity contribution is 5.99. The molecule has 0 unspecified atom stereocenters. The lowest BCUT2D eigenvalue weighted by molar-refractivity contribution is -0.132. The van der Waals surface area contributed by atoms with E-state index in [1.54, 1.807) is 85.8 Å². The van der Waals surface area contributed by atoms with Gasteiger partial charge in [0.2, 0.25) is 11.5 Å². The fourth-order valence-electron chi connectivity index (χ4n) is 6.08. The molecule has 1 spiro atoms. The summed E-state index contributed by atoms with van der Waals surface area (Å²) in [6.45, 7) is 4.05. The summed E-state index contributed by atoms with van der Waals surface area (Å²) in [6.07, 6.45) is 0. The molecule has 5 aromatic rings. The van der Waals surface area contributed by atoms with Crippen LogP contribution < -0.4 is 23.7 Å². The first-order valence-electron chi connectivity index (χ1n) is 15.4. The Kier molecular flexibility index (Phi) is 7.87. The summed E-state index contributed by atoms with van der Waals surface area (Å²) >= 11 is 0. The van der Waals surface area contributed by atoms with Crippen molar-refractivity contribution in [2.24, 2.45) is 0 Å². The van der Waals surface area contributed by atoms with Crippen LogP contribution in [-0.4, -0.2) is 29.8 Å². The molecule has 0 bridgehead atoms. The maximum Gasteiger partial charge on any atom is 0.343 e.